The van der Waals surface area contributed by atoms with Crippen molar-refractivity contribution in [1.82, 2.24) is 9.36 Å². The van der Waals surface area contributed by atoms with Crippen molar-refractivity contribution in [3.63, 3.8) is 0 Å². The fourth-order valence-electron chi connectivity index (χ4n) is 1.02. The summed E-state index contributed by atoms with van der Waals surface area (Å²) >= 11 is 1.21. The molecule has 0 atom stereocenters. The maximum absolute atomic E-state index is 5.68. The Morgan fingerprint density at radius 2 is 2.29 bits per heavy atom. The number of ether oxygens (including phenoxy) is 1. The highest BCUT2D eigenvalue weighted by molar-refractivity contribution is 7.07. The maximum Gasteiger partial charge on any atom is 0.298 e. The van der Waals surface area contributed by atoms with Crippen molar-refractivity contribution in [3.8, 4) is 10.9 Å². The van der Waals surface area contributed by atoms with Gasteiger partial charge in [-0.3, -0.25) is 0 Å². The first-order chi connectivity index (χ1) is 6.75. The molecular weight excluding hydrogens is 198 g/mol. The Bertz CT molecular complexity index is 428. The average molecular weight is 207 g/mol. The quantitative estimate of drug-likeness (QED) is 0.767. The van der Waals surface area contributed by atoms with Gasteiger partial charge in [-0.1, -0.05) is 0 Å². The van der Waals surface area contributed by atoms with Crippen LogP contribution in [0.3, 0.4) is 0 Å². The first kappa shape index (κ1) is 8.96. The zero-order valence-corrected chi connectivity index (χ0v) is 8.41. The molecule has 0 unspecified atom stereocenters. The van der Waals surface area contributed by atoms with E-state index in [2.05, 4.69) is 9.36 Å². The summed E-state index contributed by atoms with van der Waals surface area (Å²) < 4.78 is 9.28. The summed E-state index contributed by atoms with van der Waals surface area (Å²) in [6, 6.07) is 5.49. The molecular formula is C9H9N3OS. The van der Waals surface area contributed by atoms with E-state index in [0.717, 1.165) is 17.0 Å². The minimum absolute atomic E-state index is 0.536. The lowest BCUT2D eigenvalue weighted by Crippen LogP contribution is -1.90. The van der Waals surface area contributed by atoms with Crippen molar-refractivity contribution >= 4 is 17.2 Å². The normalized spacial score (nSPS) is 10.1. The van der Waals surface area contributed by atoms with Gasteiger partial charge in [0, 0.05) is 17.2 Å². The molecule has 0 amide bonds. The molecule has 0 aliphatic carbocycles. The van der Waals surface area contributed by atoms with Gasteiger partial charge in [0.25, 0.3) is 5.19 Å². The van der Waals surface area contributed by atoms with Gasteiger partial charge in [0.15, 0.2) is 0 Å². The van der Waals surface area contributed by atoms with Crippen LogP contribution in [-0.4, -0.2) is 9.36 Å². The summed E-state index contributed by atoms with van der Waals surface area (Å²) in [6.07, 6.45) is 1.46. The smallest absolute Gasteiger partial charge is 0.298 e. The molecule has 0 aliphatic heterocycles. The van der Waals surface area contributed by atoms with Crippen LogP contribution in [0.25, 0.3) is 0 Å². The summed E-state index contributed by atoms with van der Waals surface area (Å²) in [5, 5.41) is 0.536. The third-order valence-electron chi connectivity index (χ3n) is 1.79. The van der Waals surface area contributed by atoms with E-state index in [1.807, 2.05) is 25.1 Å². The third kappa shape index (κ3) is 1.82. The monoisotopic (exact) mass is 207 g/mol. The van der Waals surface area contributed by atoms with E-state index < -0.39 is 0 Å². The molecule has 1 aromatic heterocycles. The highest BCUT2D eigenvalue weighted by atomic mass is 32.1. The topological polar surface area (TPSA) is 61.0 Å². The lowest BCUT2D eigenvalue weighted by molar-refractivity contribution is 0.478. The predicted molar refractivity (Wildman–Crippen MR) is 55.6 cm³/mol. The van der Waals surface area contributed by atoms with Crippen LogP contribution in [0.1, 0.15) is 5.56 Å². The fraction of sp³-hybridized carbons (Fsp3) is 0.111. The van der Waals surface area contributed by atoms with Crippen LogP contribution >= 0.6 is 11.5 Å². The molecule has 0 aliphatic rings. The Morgan fingerprint density at radius 3 is 2.93 bits per heavy atom. The number of aromatic nitrogens is 2. The van der Waals surface area contributed by atoms with Gasteiger partial charge < -0.3 is 10.5 Å². The van der Waals surface area contributed by atoms with Crippen molar-refractivity contribution in [2.45, 2.75) is 6.92 Å². The zero-order chi connectivity index (χ0) is 9.97. The molecule has 14 heavy (non-hydrogen) atoms. The minimum atomic E-state index is 0.536. The van der Waals surface area contributed by atoms with Gasteiger partial charge in [-0.05, 0) is 30.7 Å². The number of hydrogen-bond donors (Lipinski definition) is 1. The van der Waals surface area contributed by atoms with E-state index in [-0.39, 0.29) is 0 Å². The molecule has 0 saturated carbocycles. The third-order valence-corrected chi connectivity index (χ3v) is 2.33. The first-order valence-electron chi connectivity index (χ1n) is 4.06. The van der Waals surface area contributed by atoms with Crippen molar-refractivity contribution in [2.75, 3.05) is 5.73 Å². The van der Waals surface area contributed by atoms with Crippen LogP contribution in [0, 0.1) is 6.92 Å². The SMILES string of the molecule is Cc1cc(Oc2ncns2)ccc1N. The van der Waals surface area contributed by atoms with Crippen molar-refractivity contribution in [1.29, 1.82) is 0 Å². The molecule has 2 N–H and O–H groups in total. The van der Waals surface area contributed by atoms with Crippen LogP contribution in [0.2, 0.25) is 0 Å². The largest absolute Gasteiger partial charge is 0.430 e. The molecule has 0 spiro atoms. The summed E-state index contributed by atoms with van der Waals surface area (Å²) in [6.45, 7) is 1.93. The van der Waals surface area contributed by atoms with Crippen LogP contribution < -0.4 is 10.5 Å². The number of aryl methyl sites for hydroxylation is 1. The van der Waals surface area contributed by atoms with Crippen LogP contribution in [0.5, 0.6) is 10.9 Å². The summed E-state index contributed by atoms with van der Waals surface area (Å²) in [7, 11) is 0. The Hall–Kier alpha value is -1.62. The summed E-state index contributed by atoms with van der Waals surface area (Å²) in [5.41, 5.74) is 7.43. The second-order valence-corrected chi connectivity index (χ2v) is 3.57. The number of nitrogens with two attached hydrogens (primary N) is 1. The van der Waals surface area contributed by atoms with E-state index in [4.69, 9.17) is 10.5 Å². The summed E-state index contributed by atoms with van der Waals surface area (Å²) in [4.78, 5) is 3.92. The predicted octanol–water partition coefficient (Wildman–Crippen LogP) is 2.22. The molecule has 2 rings (SSSR count). The van der Waals surface area contributed by atoms with Crippen molar-refractivity contribution in [2.24, 2.45) is 0 Å². The van der Waals surface area contributed by atoms with Gasteiger partial charge in [0.1, 0.15) is 12.1 Å². The van der Waals surface area contributed by atoms with E-state index in [0.29, 0.717) is 5.19 Å². The maximum atomic E-state index is 5.68. The van der Waals surface area contributed by atoms with Crippen LogP contribution in [-0.2, 0) is 0 Å². The first-order valence-corrected chi connectivity index (χ1v) is 4.84. The Morgan fingerprint density at radius 1 is 1.43 bits per heavy atom. The Kier molecular flexibility index (Phi) is 2.32. The molecule has 1 heterocycles. The van der Waals surface area contributed by atoms with Gasteiger partial charge in [-0.2, -0.15) is 9.36 Å². The second kappa shape index (κ2) is 3.63. The van der Waals surface area contributed by atoms with Crippen molar-refractivity contribution < 1.29 is 4.74 Å². The van der Waals surface area contributed by atoms with Crippen molar-refractivity contribution in [3.05, 3.63) is 30.1 Å². The molecule has 2 aromatic rings. The highest BCUT2D eigenvalue weighted by Gasteiger charge is 2.01. The van der Waals surface area contributed by atoms with E-state index in [1.165, 1.54) is 17.9 Å². The molecule has 72 valence electrons. The van der Waals surface area contributed by atoms with Crippen LogP contribution in [0.15, 0.2) is 24.5 Å². The van der Waals surface area contributed by atoms with Crippen LogP contribution in [0.4, 0.5) is 5.69 Å². The number of nitrogen functional groups attached to an aromatic ring is 1. The Balaban J connectivity index is 2.22. The van der Waals surface area contributed by atoms with Gasteiger partial charge in [-0.15, -0.1) is 0 Å². The number of nitrogens with zero attached hydrogens (tertiary/aromatic N) is 2. The molecule has 0 bridgehead atoms. The standard InChI is InChI=1S/C9H9N3OS/c1-6-4-7(2-3-8(6)10)13-9-11-5-12-14-9/h2-5H,10H2,1H3. The number of hydrogen-bond acceptors (Lipinski definition) is 5. The van der Waals surface area contributed by atoms with E-state index in [1.54, 1.807) is 0 Å². The molecule has 0 fully saturated rings. The second-order valence-electron chi connectivity index (χ2n) is 2.83. The number of rotatable bonds is 2. The lowest BCUT2D eigenvalue weighted by Gasteiger charge is -2.03. The average Bonchev–Trinajstić information content (AvgIpc) is 2.64. The lowest BCUT2D eigenvalue weighted by atomic mass is 10.2. The zero-order valence-electron chi connectivity index (χ0n) is 7.60. The Labute approximate surface area is 85.5 Å². The molecule has 0 radical (unpaired) electrons. The highest BCUT2D eigenvalue weighted by Crippen LogP contribution is 2.24. The van der Waals surface area contributed by atoms with Gasteiger partial charge in [-0.25, -0.2) is 0 Å². The van der Waals surface area contributed by atoms with Gasteiger partial charge in [0.2, 0.25) is 0 Å². The van der Waals surface area contributed by atoms with E-state index in [9.17, 15) is 0 Å². The molecule has 5 heteroatoms. The number of anilines is 1. The molecule has 1 aromatic carbocycles. The van der Waals surface area contributed by atoms with E-state index >= 15 is 0 Å². The molecule has 4 nitrogen and oxygen atoms in total. The molecule has 0 saturated heterocycles. The minimum Gasteiger partial charge on any atom is -0.430 e. The van der Waals surface area contributed by atoms with Gasteiger partial charge in [0.05, 0.1) is 0 Å². The van der Waals surface area contributed by atoms with Gasteiger partial charge >= 0.3 is 0 Å². The fourth-order valence-corrected chi connectivity index (χ4v) is 1.43. The number of benzene rings is 1. The summed E-state index contributed by atoms with van der Waals surface area (Å²) in [5.74, 6) is 0.730.